The molecule has 9 heterocycles. The number of halogens is 3. The highest BCUT2D eigenvalue weighted by Crippen LogP contribution is 2.33. The lowest BCUT2D eigenvalue weighted by atomic mass is 9.96. The van der Waals surface area contributed by atoms with Crippen LogP contribution in [0.4, 0.5) is 0 Å². The quantitative estimate of drug-likeness (QED) is 0.0669. The Bertz CT molecular complexity index is 4990. The van der Waals surface area contributed by atoms with Crippen molar-refractivity contribution in [2.75, 3.05) is 45.8 Å². The molecule has 482 valence electrons. The van der Waals surface area contributed by atoms with E-state index in [0.717, 1.165) is 166 Å². The van der Waals surface area contributed by atoms with Crippen LogP contribution >= 0.6 is 34.8 Å². The normalized spacial score (nSPS) is 15.0. The van der Waals surface area contributed by atoms with Crippen LogP contribution in [0.1, 0.15) is 100 Å². The van der Waals surface area contributed by atoms with Gasteiger partial charge in [-0.25, -0.2) is 29.9 Å². The largest absolute Gasteiger partial charge is 0.317 e. The summed E-state index contributed by atoms with van der Waals surface area (Å²) in [4.78, 5) is 82.2. The molecular weight excluding hydrogens is 1260 g/mol. The lowest BCUT2D eigenvalue weighted by Gasteiger charge is -2.32. The highest BCUT2D eigenvalue weighted by molar-refractivity contribution is 6.30. The van der Waals surface area contributed by atoms with Crippen molar-refractivity contribution in [3.63, 3.8) is 0 Å². The molecule has 19 heteroatoms. The summed E-state index contributed by atoms with van der Waals surface area (Å²) in [6.07, 6.45) is 17.9. The molecule has 3 saturated heterocycles. The highest BCUT2D eigenvalue weighted by atomic mass is 35.5. The first-order valence-corrected chi connectivity index (χ1v) is 33.9. The summed E-state index contributed by atoms with van der Waals surface area (Å²) in [6, 6.07) is 51.6. The number of pyridine rings is 3. The third kappa shape index (κ3) is 13.9. The lowest BCUT2D eigenvalue weighted by Crippen LogP contribution is -2.40. The standard InChI is InChI=1S/C31H27ClN4O2.2C23H21ClN4O/c32-29-11-10-21(18-33-29)16-23-17-27-30(26-9-5-4-8-25(23)26)34-20-36(31(27)38)24-12-14-35(15-13-24)19-28(37)22-6-2-1-3-7-22;2*24-21-6-5-15(13-26-21)11-16-12-20-22(19-4-2-1-3-18(16)19)27-14-28(23(20)29)17-7-9-25-10-8-17/h1-11,17-18,20,24H,12-16,19H2;2*1-6,12-14,17,25H,7-11H2. The zero-order valence-corrected chi connectivity index (χ0v) is 55.0. The monoisotopic (exact) mass is 1330 g/mol. The van der Waals surface area contributed by atoms with Crippen LogP contribution in [0.5, 0.6) is 0 Å². The van der Waals surface area contributed by atoms with Gasteiger partial charge in [-0.1, -0.05) is 156 Å². The number of nitrogens with one attached hydrogen (secondary N) is 2. The first kappa shape index (κ1) is 64.0. The molecule has 3 fully saturated rings. The molecule has 0 spiro atoms. The minimum atomic E-state index is -0.0185. The zero-order valence-electron chi connectivity index (χ0n) is 52.8. The SMILES string of the molecule is O=C(CN1CCC(n2cnc3c(cc(Cc4ccc(Cl)nc4)c4ccccc43)c2=O)CC1)c1ccccc1.O=c1c2cc(Cc3ccc(Cl)nc3)c3ccccc3c2ncn1C1CCNCC1.O=c1c2cc(Cc3ccc(Cl)nc3)c3ccccc3c2ncn1C1CCNCC1. The number of likely N-dealkylation sites (tertiary alicyclic amines) is 1. The fraction of sp³-hybridized carbons (Fsp3) is 0.247. The van der Waals surface area contributed by atoms with Crippen molar-refractivity contribution in [2.24, 2.45) is 0 Å². The number of piperidine rings is 3. The number of ketones is 1. The Labute approximate surface area is 568 Å². The van der Waals surface area contributed by atoms with E-state index in [0.29, 0.717) is 57.4 Å². The second-order valence-electron chi connectivity index (χ2n) is 25.1. The van der Waals surface area contributed by atoms with E-state index < -0.39 is 0 Å². The van der Waals surface area contributed by atoms with Gasteiger partial charge in [0, 0.05) is 71.5 Å². The van der Waals surface area contributed by atoms with E-state index in [9.17, 15) is 19.2 Å². The van der Waals surface area contributed by atoms with Gasteiger partial charge in [-0.3, -0.25) is 37.8 Å². The van der Waals surface area contributed by atoms with Gasteiger partial charge in [0.25, 0.3) is 16.7 Å². The Morgan fingerprint density at radius 2 is 0.708 bits per heavy atom. The van der Waals surface area contributed by atoms with Crippen LogP contribution in [0, 0.1) is 0 Å². The van der Waals surface area contributed by atoms with Crippen LogP contribution in [0.15, 0.2) is 210 Å². The van der Waals surface area contributed by atoms with E-state index in [-0.39, 0.29) is 40.6 Å². The van der Waals surface area contributed by atoms with E-state index in [1.54, 1.807) is 60.3 Å². The molecule has 0 saturated carbocycles. The van der Waals surface area contributed by atoms with Crippen molar-refractivity contribution in [3.05, 3.63) is 281 Å². The molecule has 0 radical (unpaired) electrons. The van der Waals surface area contributed by atoms with Crippen LogP contribution in [0.25, 0.3) is 65.0 Å². The fourth-order valence-electron chi connectivity index (χ4n) is 14.0. The number of carbonyl (C=O) groups is 1. The van der Waals surface area contributed by atoms with E-state index in [1.165, 1.54) is 0 Å². The Balaban J connectivity index is 0.000000125. The van der Waals surface area contributed by atoms with Crippen LogP contribution < -0.4 is 27.3 Å². The van der Waals surface area contributed by atoms with Crippen LogP contribution in [-0.4, -0.2) is 100 Å². The number of hydrogen-bond acceptors (Lipinski definition) is 13. The molecule has 0 atom stereocenters. The predicted octanol–water partition coefficient (Wildman–Crippen LogP) is 13.9. The van der Waals surface area contributed by atoms with Crippen LogP contribution in [-0.2, 0) is 19.3 Å². The molecule has 2 N–H and O–H groups in total. The second-order valence-corrected chi connectivity index (χ2v) is 26.2. The number of carbonyl (C=O) groups excluding carboxylic acids is 1. The van der Waals surface area contributed by atoms with E-state index >= 15 is 0 Å². The van der Waals surface area contributed by atoms with Crippen molar-refractivity contribution >= 4 is 106 Å². The van der Waals surface area contributed by atoms with Crippen molar-refractivity contribution < 1.29 is 4.79 Å². The smallest absolute Gasteiger partial charge is 0.261 e. The minimum Gasteiger partial charge on any atom is -0.317 e. The maximum absolute atomic E-state index is 13.8. The van der Waals surface area contributed by atoms with Gasteiger partial charge in [0.2, 0.25) is 0 Å². The average molecular weight is 1330 g/mol. The van der Waals surface area contributed by atoms with Crippen molar-refractivity contribution in [2.45, 2.75) is 75.9 Å². The number of benzene rings is 7. The number of Topliss-reactive ketones (excluding diaryl/α,β-unsaturated/α-hetero) is 1. The molecule has 13 aromatic rings. The summed E-state index contributed by atoms with van der Waals surface area (Å²) in [5.74, 6) is 0.129. The molecular formula is C77H69Cl3N12O4. The first-order chi connectivity index (χ1) is 47.0. The number of nitrogens with zero attached hydrogens (tertiary/aromatic N) is 10. The zero-order chi connectivity index (χ0) is 65.7. The van der Waals surface area contributed by atoms with Crippen molar-refractivity contribution in [3.8, 4) is 0 Å². The third-order valence-electron chi connectivity index (χ3n) is 19.0. The van der Waals surface area contributed by atoms with Gasteiger partial charge in [0.05, 0.1) is 58.2 Å². The van der Waals surface area contributed by atoms with Crippen molar-refractivity contribution in [1.29, 1.82) is 0 Å². The lowest BCUT2D eigenvalue weighted by molar-refractivity contribution is 0.0897. The summed E-state index contributed by atoms with van der Waals surface area (Å²) in [6.45, 7) is 5.66. The van der Waals surface area contributed by atoms with E-state index in [1.807, 2.05) is 130 Å². The summed E-state index contributed by atoms with van der Waals surface area (Å²) in [5, 5.41) is 16.4. The molecule has 3 aliphatic heterocycles. The number of fused-ring (bicyclic) bond motifs is 9. The molecule has 0 unspecified atom stereocenters. The summed E-state index contributed by atoms with van der Waals surface area (Å²) >= 11 is 17.8. The molecule has 3 aliphatic rings. The Morgan fingerprint density at radius 3 is 1.04 bits per heavy atom. The van der Waals surface area contributed by atoms with Gasteiger partial charge >= 0.3 is 0 Å². The Hall–Kier alpha value is -9.39. The predicted molar refractivity (Wildman–Crippen MR) is 384 cm³/mol. The Morgan fingerprint density at radius 1 is 0.385 bits per heavy atom. The van der Waals surface area contributed by atoms with Gasteiger partial charge in [-0.05, 0) is 170 Å². The van der Waals surface area contributed by atoms with Crippen LogP contribution in [0.2, 0.25) is 15.5 Å². The molecule has 0 aliphatic carbocycles. The average Bonchev–Trinajstić information content (AvgIpc) is 0.789. The van der Waals surface area contributed by atoms with Gasteiger partial charge in [0.15, 0.2) is 5.78 Å². The minimum absolute atomic E-state index is 0.0185. The highest BCUT2D eigenvalue weighted by Gasteiger charge is 2.26. The first-order valence-electron chi connectivity index (χ1n) is 32.8. The molecule has 16 rings (SSSR count). The van der Waals surface area contributed by atoms with Crippen LogP contribution in [0.3, 0.4) is 0 Å². The third-order valence-corrected chi connectivity index (χ3v) is 19.7. The van der Waals surface area contributed by atoms with E-state index in [2.05, 4.69) is 48.7 Å². The van der Waals surface area contributed by atoms with Crippen molar-refractivity contribution in [1.82, 2.24) is 59.1 Å². The summed E-state index contributed by atoms with van der Waals surface area (Å²) in [7, 11) is 0. The second kappa shape index (κ2) is 28.9. The summed E-state index contributed by atoms with van der Waals surface area (Å²) < 4.78 is 5.44. The topological polar surface area (TPSA) is 188 Å². The number of hydrogen-bond donors (Lipinski definition) is 2. The molecule has 6 aromatic heterocycles. The maximum Gasteiger partial charge on any atom is 0.261 e. The molecule has 16 nitrogen and oxygen atoms in total. The molecule has 96 heavy (non-hydrogen) atoms. The van der Waals surface area contributed by atoms with Gasteiger partial charge < -0.3 is 10.6 Å². The van der Waals surface area contributed by atoms with Gasteiger partial charge in [-0.15, -0.1) is 0 Å². The molecule has 7 aromatic carbocycles. The molecule has 0 bridgehead atoms. The van der Waals surface area contributed by atoms with Gasteiger partial charge in [0.1, 0.15) is 15.5 Å². The van der Waals surface area contributed by atoms with E-state index in [4.69, 9.17) is 49.8 Å². The van der Waals surface area contributed by atoms with Gasteiger partial charge in [-0.2, -0.15) is 0 Å². The summed E-state index contributed by atoms with van der Waals surface area (Å²) in [5.41, 5.74) is 9.47. The number of rotatable bonds is 12. The fourth-order valence-corrected chi connectivity index (χ4v) is 14.3. The molecule has 0 amide bonds. The Kier molecular flexibility index (Phi) is 19.3. The maximum atomic E-state index is 13.8. The number of aromatic nitrogens is 9.